The first-order valence-corrected chi connectivity index (χ1v) is 7.86. The normalized spacial score (nSPS) is 15.4. The van der Waals surface area contributed by atoms with E-state index in [0.29, 0.717) is 19.1 Å². The summed E-state index contributed by atoms with van der Waals surface area (Å²) in [6, 6.07) is 6.47. The zero-order valence-electron chi connectivity index (χ0n) is 13.4. The fourth-order valence-electron chi connectivity index (χ4n) is 2.82. The molecule has 0 atom stereocenters. The van der Waals surface area contributed by atoms with Gasteiger partial charge in [0.15, 0.2) is 5.96 Å². The van der Waals surface area contributed by atoms with E-state index in [9.17, 15) is 0 Å². The molecule has 0 aliphatic heterocycles. The molecule has 0 saturated heterocycles. The first-order chi connectivity index (χ1) is 10.8. The third-order valence-corrected chi connectivity index (χ3v) is 4.03. The highest BCUT2D eigenvalue weighted by Gasteiger charge is 2.17. The summed E-state index contributed by atoms with van der Waals surface area (Å²) in [5.41, 5.74) is 1.04. The molecule has 23 heavy (non-hydrogen) atoms. The zero-order valence-corrected chi connectivity index (χ0v) is 15.7. The minimum absolute atomic E-state index is 0. The van der Waals surface area contributed by atoms with Gasteiger partial charge in [0.1, 0.15) is 5.76 Å². The highest BCUT2D eigenvalue weighted by atomic mass is 127. The standard InChI is InChI=1S/C16H23N5O.HI/c1-17-16(19-12-15-7-4-10-22-15)18-11-13-8-9-21(20-13)14-5-2-3-6-14;/h4,7-10,14H,2-3,5-6,11-12H2,1H3,(H2,17,18,19);1H. The molecule has 6 nitrogen and oxygen atoms in total. The minimum Gasteiger partial charge on any atom is -0.467 e. The predicted octanol–water partition coefficient (Wildman–Crippen LogP) is 3.07. The lowest BCUT2D eigenvalue weighted by Crippen LogP contribution is -2.36. The lowest BCUT2D eigenvalue weighted by Gasteiger charge is -2.11. The van der Waals surface area contributed by atoms with Crippen molar-refractivity contribution in [2.75, 3.05) is 7.05 Å². The Morgan fingerprint density at radius 2 is 2.09 bits per heavy atom. The molecule has 1 aliphatic carbocycles. The first kappa shape index (κ1) is 17.8. The highest BCUT2D eigenvalue weighted by Crippen LogP contribution is 2.28. The molecule has 2 N–H and O–H groups in total. The second-order valence-electron chi connectivity index (χ2n) is 5.58. The molecule has 2 aromatic rings. The van der Waals surface area contributed by atoms with E-state index >= 15 is 0 Å². The number of hydrogen-bond acceptors (Lipinski definition) is 3. The van der Waals surface area contributed by atoms with E-state index in [1.807, 2.05) is 12.1 Å². The molecule has 2 heterocycles. The largest absolute Gasteiger partial charge is 0.467 e. The summed E-state index contributed by atoms with van der Waals surface area (Å²) in [6.45, 7) is 1.28. The fourth-order valence-corrected chi connectivity index (χ4v) is 2.82. The summed E-state index contributed by atoms with van der Waals surface area (Å²) in [4.78, 5) is 4.20. The molecule has 0 bridgehead atoms. The van der Waals surface area contributed by atoms with Crippen LogP contribution in [-0.4, -0.2) is 22.8 Å². The smallest absolute Gasteiger partial charge is 0.191 e. The molecule has 126 valence electrons. The fraction of sp³-hybridized carbons (Fsp3) is 0.500. The molecule has 0 spiro atoms. The summed E-state index contributed by atoms with van der Waals surface area (Å²) in [5, 5.41) is 11.1. The average Bonchev–Trinajstić information content (AvgIpc) is 3.29. The quantitative estimate of drug-likeness (QED) is 0.436. The maximum atomic E-state index is 5.29. The number of furan rings is 1. The lowest BCUT2D eigenvalue weighted by atomic mass is 10.3. The van der Waals surface area contributed by atoms with Gasteiger partial charge in [-0.1, -0.05) is 12.8 Å². The summed E-state index contributed by atoms with van der Waals surface area (Å²) in [5.74, 6) is 1.63. The number of rotatable bonds is 5. The van der Waals surface area contributed by atoms with Gasteiger partial charge in [-0.2, -0.15) is 5.10 Å². The molecule has 3 rings (SSSR count). The van der Waals surface area contributed by atoms with Crippen molar-refractivity contribution in [1.29, 1.82) is 0 Å². The molecule has 0 unspecified atom stereocenters. The molecular formula is C16H24IN5O. The summed E-state index contributed by atoms with van der Waals surface area (Å²) < 4.78 is 7.40. The second kappa shape index (κ2) is 8.95. The molecule has 2 aromatic heterocycles. The Morgan fingerprint density at radius 1 is 1.30 bits per heavy atom. The van der Waals surface area contributed by atoms with Crippen LogP contribution in [0.5, 0.6) is 0 Å². The Morgan fingerprint density at radius 3 is 2.78 bits per heavy atom. The van der Waals surface area contributed by atoms with E-state index in [0.717, 1.165) is 17.4 Å². The summed E-state index contributed by atoms with van der Waals surface area (Å²) in [7, 11) is 1.76. The number of guanidine groups is 1. The Bertz CT molecular complexity index is 602. The van der Waals surface area contributed by atoms with Crippen molar-refractivity contribution in [3.05, 3.63) is 42.1 Å². The van der Waals surface area contributed by atoms with Gasteiger partial charge in [0.05, 0.1) is 31.1 Å². The molecule has 0 amide bonds. The van der Waals surface area contributed by atoms with E-state index in [1.165, 1.54) is 25.7 Å². The molecular weight excluding hydrogens is 405 g/mol. The van der Waals surface area contributed by atoms with Crippen LogP contribution in [0.4, 0.5) is 0 Å². The Kier molecular flexibility index (Phi) is 6.94. The van der Waals surface area contributed by atoms with Crippen LogP contribution in [0.3, 0.4) is 0 Å². The van der Waals surface area contributed by atoms with Crippen molar-refractivity contribution in [3.63, 3.8) is 0 Å². The van der Waals surface area contributed by atoms with Crippen molar-refractivity contribution in [2.45, 2.75) is 44.8 Å². The topological polar surface area (TPSA) is 67.4 Å². The lowest BCUT2D eigenvalue weighted by molar-refractivity contribution is 0.462. The van der Waals surface area contributed by atoms with Crippen LogP contribution >= 0.6 is 24.0 Å². The van der Waals surface area contributed by atoms with Crippen molar-refractivity contribution in [2.24, 2.45) is 4.99 Å². The van der Waals surface area contributed by atoms with Crippen LogP contribution in [0.2, 0.25) is 0 Å². The van der Waals surface area contributed by atoms with Gasteiger partial charge < -0.3 is 15.1 Å². The van der Waals surface area contributed by atoms with Gasteiger partial charge in [0.25, 0.3) is 0 Å². The monoisotopic (exact) mass is 429 g/mol. The number of aliphatic imine (C=N–C) groups is 1. The maximum Gasteiger partial charge on any atom is 0.191 e. The van der Waals surface area contributed by atoms with E-state index in [2.05, 4.69) is 37.7 Å². The number of hydrogen-bond donors (Lipinski definition) is 2. The molecule has 0 radical (unpaired) electrons. The minimum atomic E-state index is 0. The number of nitrogens with zero attached hydrogens (tertiary/aromatic N) is 3. The number of halogens is 1. The molecule has 1 saturated carbocycles. The summed E-state index contributed by atoms with van der Waals surface area (Å²) >= 11 is 0. The first-order valence-electron chi connectivity index (χ1n) is 7.86. The van der Waals surface area contributed by atoms with Crippen LogP contribution in [0.15, 0.2) is 40.1 Å². The second-order valence-corrected chi connectivity index (χ2v) is 5.58. The van der Waals surface area contributed by atoms with Crippen LogP contribution < -0.4 is 10.6 Å². The van der Waals surface area contributed by atoms with Crippen LogP contribution in [-0.2, 0) is 13.1 Å². The van der Waals surface area contributed by atoms with Crippen LogP contribution in [0.25, 0.3) is 0 Å². The zero-order chi connectivity index (χ0) is 15.2. The van der Waals surface area contributed by atoms with E-state index in [4.69, 9.17) is 4.42 Å². The number of nitrogens with one attached hydrogen (secondary N) is 2. The van der Waals surface area contributed by atoms with Crippen molar-refractivity contribution in [3.8, 4) is 0 Å². The third-order valence-electron chi connectivity index (χ3n) is 4.03. The Labute approximate surface area is 153 Å². The van der Waals surface area contributed by atoms with E-state index < -0.39 is 0 Å². The van der Waals surface area contributed by atoms with Gasteiger partial charge in [-0.25, -0.2) is 0 Å². The van der Waals surface area contributed by atoms with Crippen LogP contribution in [0.1, 0.15) is 43.2 Å². The SMILES string of the molecule is CN=C(NCc1ccn(C2CCCC2)n1)NCc1ccco1.I. The van der Waals surface area contributed by atoms with Crippen molar-refractivity contribution < 1.29 is 4.42 Å². The molecule has 1 aliphatic rings. The van der Waals surface area contributed by atoms with Crippen molar-refractivity contribution in [1.82, 2.24) is 20.4 Å². The third kappa shape index (κ3) is 4.98. The predicted molar refractivity (Wildman–Crippen MR) is 101 cm³/mol. The number of aromatic nitrogens is 2. The van der Waals surface area contributed by atoms with E-state index in [1.54, 1.807) is 13.3 Å². The van der Waals surface area contributed by atoms with Gasteiger partial charge >= 0.3 is 0 Å². The Balaban J connectivity index is 0.00000192. The van der Waals surface area contributed by atoms with Gasteiger partial charge in [-0.05, 0) is 31.0 Å². The van der Waals surface area contributed by atoms with E-state index in [-0.39, 0.29) is 24.0 Å². The molecule has 0 aromatic carbocycles. The average molecular weight is 429 g/mol. The Hall–Kier alpha value is -1.51. The van der Waals surface area contributed by atoms with Crippen LogP contribution in [0, 0.1) is 0 Å². The molecule has 7 heteroatoms. The molecule has 1 fully saturated rings. The van der Waals surface area contributed by atoms with Gasteiger partial charge in [-0.3, -0.25) is 9.67 Å². The van der Waals surface area contributed by atoms with Gasteiger partial charge in [0.2, 0.25) is 0 Å². The van der Waals surface area contributed by atoms with Crippen molar-refractivity contribution >= 4 is 29.9 Å². The summed E-state index contributed by atoms with van der Waals surface area (Å²) in [6.07, 6.45) is 8.90. The maximum absolute atomic E-state index is 5.29. The van der Waals surface area contributed by atoms with Gasteiger partial charge in [0, 0.05) is 13.2 Å². The highest BCUT2D eigenvalue weighted by molar-refractivity contribution is 14.0. The van der Waals surface area contributed by atoms with Gasteiger partial charge in [-0.15, -0.1) is 24.0 Å².